The van der Waals surface area contributed by atoms with E-state index >= 15 is 0 Å². The van der Waals surface area contributed by atoms with Gasteiger partial charge in [0.25, 0.3) is 0 Å². The molecule has 0 fully saturated rings. The predicted octanol–water partition coefficient (Wildman–Crippen LogP) is 1.84. The molecule has 0 amide bonds. The second kappa shape index (κ2) is 4.81. The number of anilines is 1. The summed E-state index contributed by atoms with van der Waals surface area (Å²) in [6.07, 6.45) is 0. The SMILES string of the molecule is COCCOc1cc(N)c2ccccc2n1. The van der Waals surface area contributed by atoms with Crippen LogP contribution in [0.2, 0.25) is 0 Å². The Hall–Kier alpha value is -1.81. The Kier molecular flexibility index (Phi) is 3.22. The van der Waals surface area contributed by atoms with E-state index in [1.54, 1.807) is 13.2 Å². The van der Waals surface area contributed by atoms with E-state index in [-0.39, 0.29) is 0 Å². The average molecular weight is 218 g/mol. The van der Waals surface area contributed by atoms with Gasteiger partial charge in [-0.2, -0.15) is 0 Å². The second-order valence-corrected chi connectivity index (χ2v) is 3.41. The van der Waals surface area contributed by atoms with Crippen molar-refractivity contribution in [3.8, 4) is 5.88 Å². The molecule has 2 N–H and O–H groups in total. The number of hydrogen-bond donors (Lipinski definition) is 1. The van der Waals surface area contributed by atoms with Crippen LogP contribution in [0.15, 0.2) is 30.3 Å². The van der Waals surface area contributed by atoms with Crippen LogP contribution in [0.3, 0.4) is 0 Å². The summed E-state index contributed by atoms with van der Waals surface area (Å²) in [5.74, 6) is 0.535. The Morgan fingerprint density at radius 2 is 2.06 bits per heavy atom. The van der Waals surface area contributed by atoms with Crippen LogP contribution >= 0.6 is 0 Å². The minimum absolute atomic E-state index is 0.473. The lowest BCUT2D eigenvalue weighted by molar-refractivity contribution is 0.144. The molecular weight excluding hydrogens is 204 g/mol. The highest BCUT2D eigenvalue weighted by molar-refractivity contribution is 5.90. The Labute approximate surface area is 94.0 Å². The van der Waals surface area contributed by atoms with Crippen molar-refractivity contribution in [1.29, 1.82) is 0 Å². The molecule has 0 aliphatic heterocycles. The zero-order chi connectivity index (χ0) is 11.4. The lowest BCUT2D eigenvalue weighted by Gasteiger charge is -2.07. The molecule has 84 valence electrons. The van der Waals surface area contributed by atoms with Crippen molar-refractivity contribution < 1.29 is 9.47 Å². The van der Waals surface area contributed by atoms with E-state index in [1.165, 1.54) is 0 Å². The molecule has 0 saturated carbocycles. The van der Waals surface area contributed by atoms with E-state index in [2.05, 4.69) is 4.98 Å². The molecule has 0 spiro atoms. The lowest BCUT2D eigenvalue weighted by atomic mass is 10.2. The lowest BCUT2D eigenvalue weighted by Crippen LogP contribution is -2.05. The summed E-state index contributed by atoms with van der Waals surface area (Å²) < 4.78 is 10.3. The van der Waals surface area contributed by atoms with Crippen LogP contribution in [-0.2, 0) is 4.74 Å². The van der Waals surface area contributed by atoms with Gasteiger partial charge in [0.05, 0.1) is 12.1 Å². The van der Waals surface area contributed by atoms with Gasteiger partial charge in [0.15, 0.2) is 0 Å². The molecule has 0 atom stereocenters. The molecule has 1 aromatic carbocycles. The van der Waals surface area contributed by atoms with Crippen LogP contribution in [0.25, 0.3) is 10.9 Å². The number of benzene rings is 1. The maximum Gasteiger partial charge on any atom is 0.215 e. The Morgan fingerprint density at radius 1 is 1.25 bits per heavy atom. The van der Waals surface area contributed by atoms with Crippen molar-refractivity contribution in [3.05, 3.63) is 30.3 Å². The first kappa shape index (κ1) is 10.7. The molecule has 2 aromatic rings. The topological polar surface area (TPSA) is 57.4 Å². The molecule has 1 heterocycles. The molecule has 4 nitrogen and oxygen atoms in total. The number of para-hydroxylation sites is 1. The quantitative estimate of drug-likeness (QED) is 0.795. The van der Waals surface area contributed by atoms with Gasteiger partial charge >= 0.3 is 0 Å². The van der Waals surface area contributed by atoms with Crippen molar-refractivity contribution in [2.24, 2.45) is 0 Å². The fraction of sp³-hybridized carbons (Fsp3) is 0.250. The number of nitrogens with zero attached hydrogens (tertiary/aromatic N) is 1. The van der Waals surface area contributed by atoms with Crippen molar-refractivity contribution >= 4 is 16.6 Å². The van der Waals surface area contributed by atoms with Crippen molar-refractivity contribution in [1.82, 2.24) is 4.98 Å². The van der Waals surface area contributed by atoms with E-state index in [0.717, 1.165) is 10.9 Å². The van der Waals surface area contributed by atoms with E-state index < -0.39 is 0 Å². The third kappa shape index (κ3) is 2.23. The Balaban J connectivity index is 2.27. The van der Waals surface area contributed by atoms with Gasteiger partial charge in [0.2, 0.25) is 5.88 Å². The summed E-state index contributed by atoms with van der Waals surface area (Å²) in [6.45, 7) is 1.01. The Bertz CT molecular complexity index is 485. The number of nitrogens with two attached hydrogens (primary N) is 1. The summed E-state index contributed by atoms with van der Waals surface area (Å²) >= 11 is 0. The molecule has 4 heteroatoms. The third-order valence-corrected chi connectivity index (χ3v) is 2.26. The highest BCUT2D eigenvalue weighted by atomic mass is 16.5. The summed E-state index contributed by atoms with van der Waals surface area (Å²) in [6, 6.07) is 9.45. The minimum Gasteiger partial charge on any atom is -0.475 e. The number of rotatable bonds is 4. The first-order valence-electron chi connectivity index (χ1n) is 5.08. The number of ether oxygens (including phenoxy) is 2. The second-order valence-electron chi connectivity index (χ2n) is 3.41. The van der Waals surface area contributed by atoms with Crippen LogP contribution in [0.4, 0.5) is 5.69 Å². The molecular formula is C12H14N2O2. The average Bonchev–Trinajstić information content (AvgIpc) is 2.30. The van der Waals surface area contributed by atoms with Crippen molar-refractivity contribution in [2.45, 2.75) is 0 Å². The van der Waals surface area contributed by atoms with Crippen LogP contribution in [0.5, 0.6) is 5.88 Å². The number of methoxy groups -OCH3 is 1. The maximum atomic E-state index is 5.91. The van der Waals surface area contributed by atoms with Gasteiger partial charge < -0.3 is 15.2 Å². The van der Waals surface area contributed by atoms with Gasteiger partial charge in [-0.1, -0.05) is 18.2 Å². The highest BCUT2D eigenvalue weighted by Crippen LogP contribution is 2.23. The van der Waals surface area contributed by atoms with Crippen LogP contribution in [0, 0.1) is 0 Å². The molecule has 0 aliphatic carbocycles. The van der Waals surface area contributed by atoms with Gasteiger partial charge in [-0.05, 0) is 6.07 Å². The predicted molar refractivity (Wildman–Crippen MR) is 63.5 cm³/mol. The van der Waals surface area contributed by atoms with E-state index in [1.807, 2.05) is 24.3 Å². The molecule has 1 aromatic heterocycles. The minimum atomic E-state index is 0.473. The summed E-state index contributed by atoms with van der Waals surface area (Å²) in [7, 11) is 1.63. The number of nitrogen functional groups attached to an aromatic ring is 1. The third-order valence-electron chi connectivity index (χ3n) is 2.26. The molecule has 0 aliphatic rings. The summed E-state index contributed by atoms with van der Waals surface area (Å²) in [5.41, 5.74) is 7.43. The Morgan fingerprint density at radius 3 is 2.88 bits per heavy atom. The summed E-state index contributed by atoms with van der Waals surface area (Å²) in [5, 5.41) is 0.946. The van der Waals surface area contributed by atoms with Gasteiger partial charge in [-0.25, -0.2) is 4.98 Å². The van der Waals surface area contributed by atoms with Crippen molar-refractivity contribution in [3.63, 3.8) is 0 Å². The number of hydrogen-bond acceptors (Lipinski definition) is 4. The van der Waals surface area contributed by atoms with Gasteiger partial charge in [0, 0.05) is 24.2 Å². The molecule has 16 heavy (non-hydrogen) atoms. The van der Waals surface area contributed by atoms with Gasteiger partial charge in [0.1, 0.15) is 6.61 Å². The van der Waals surface area contributed by atoms with Gasteiger partial charge in [-0.3, -0.25) is 0 Å². The van der Waals surface area contributed by atoms with Crippen LogP contribution in [-0.4, -0.2) is 25.3 Å². The number of fused-ring (bicyclic) bond motifs is 1. The molecule has 0 radical (unpaired) electrons. The monoisotopic (exact) mass is 218 g/mol. The van der Waals surface area contributed by atoms with Crippen LogP contribution < -0.4 is 10.5 Å². The van der Waals surface area contributed by atoms with E-state index in [0.29, 0.717) is 24.8 Å². The standard InChI is InChI=1S/C12H14N2O2/c1-15-6-7-16-12-8-10(13)9-4-2-3-5-11(9)14-12/h2-5,8H,6-7H2,1H3,(H2,13,14). The zero-order valence-electron chi connectivity index (χ0n) is 9.14. The van der Waals surface area contributed by atoms with E-state index in [4.69, 9.17) is 15.2 Å². The van der Waals surface area contributed by atoms with Crippen molar-refractivity contribution in [2.75, 3.05) is 26.1 Å². The fourth-order valence-corrected chi connectivity index (χ4v) is 1.48. The summed E-state index contributed by atoms with van der Waals surface area (Å²) in [4.78, 5) is 4.35. The molecule has 0 unspecified atom stereocenters. The first-order chi connectivity index (χ1) is 7.81. The van der Waals surface area contributed by atoms with Gasteiger partial charge in [-0.15, -0.1) is 0 Å². The zero-order valence-corrected chi connectivity index (χ0v) is 9.14. The number of aromatic nitrogens is 1. The fourth-order valence-electron chi connectivity index (χ4n) is 1.48. The molecule has 0 bridgehead atoms. The van der Waals surface area contributed by atoms with E-state index in [9.17, 15) is 0 Å². The first-order valence-corrected chi connectivity index (χ1v) is 5.08. The largest absolute Gasteiger partial charge is 0.475 e. The van der Waals surface area contributed by atoms with Crippen LogP contribution in [0.1, 0.15) is 0 Å². The molecule has 2 rings (SSSR count). The normalized spacial score (nSPS) is 10.6. The number of pyridine rings is 1. The maximum absolute atomic E-state index is 5.91. The smallest absolute Gasteiger partial charge is 0.215 e. The molecule has 0 saturated heterocycles. The highest BCUT2D eigenvalue weighted by Gasteiger charge is 2.03.